The van der Waals surface area contributed by atoms with Crippen molar-refractivity contribution in [3.05, 3.63) is 54.4 Å². The van der Waals surface area contributed by atoms with Crippen LogP contribution in [0, 0.1) is 0 Å². The number of hydrogen-bond donors (Lipinski definition) is 2. The Hall–Kier alpha value is -2.49. The molecule has 4 heteroatoms. The number of fused-ring (bicyclic) bond motifs is 1. The maximum atomic E-state index is 9.77. The lowest BCUT2D eigenvalue weighted by atomic mass is 10.2. The Kier molecular flexibility index (Phi) is 3.77. The molecule has 0 amide bonds. The monoisotopic (exact) mass is 281 g/mol. The summed E-state index contributed by atoms with van der Waals surface area (Å²) in [5.74, 6) is 0.318. The van der Waals surface area contributed by atoms with E-state index in [1.165, 1.54) is 0 Å². The first kappa shape index (κ1) is 13.5. The summed E-state index contributed by atoms with van der Waals surface area (Å²) in [6.45, 7) is 3.74. The molecule has 1 heterocycles. The quantitative estimate of drug-likeness (QED) is 0.748. The summed E-state index contributed by atoms with van der Waals surface area (Å²) >= 11 is 0. The molecule has 108 valence electrons. The van der Waals surface area contributed by atoms with Crippen molar-refractivity contribution in [1.82, 2.24) is 9.55 Å². The highest BCUT2D eigenvalue weighted by Gasteiger charge is 2.04. The largest absolute Gasteiger partial charge is 0.508 e. The number of anilines is 1. The van der Waals surface area contributed by atoms with Gasteiger partial charge in [0.25, 0.3) is 0 Å². The Morgan fingerprint density at radius 2 is 2.05 bits per heavy atom. The van der Waals surface area contributed by atoms with E-state index in [1.807, 2.05) is 30.6 Å². The van der Waals surface area contributed by atoms with E-state index in [-0.39, 0.29) is 0 Å². The molecule has 0 saturated heterocycles. The molecule has 0 saturated carbocycles. The zero-order chi connectivity index (χ0) is 14.7. The van der Waals surface area contributed by atoms with Crippen molar-refractivity contribution in [2.45, 2.75) is 26.4 Å². The molecular weight excluding hydrogens is 262 g/mol. The van der Waals surface area contributed by atoms with E-state index in [9.17, 15) is 5.11 Å². The number of nitrogens with zero attached hydrogens (tertiary/aromatic N) is 2. The van der Waals surface area contributed by atoms with Gasteiger partial charge in [0.2, 0.25) is 0 Å². The van der Waals surface area contributed by atoms with Crippen molar-refractivity contribution in [3.63, 3.8) is 0 Å². The van der Waals surface area contributed by atoms with Crippen molar-refractivity contribution in [3.8, 4) is 5.75 Å². The minimum atomic E-state index is 0.318. The molecule has 3 rings (SSSR count). The average Bonchev–Trinajstić information content (AvgIpc) is 2.89. The molecule has 2 N–H and O–H groups in total. The Balaban J connectivity index is 1.77. The van der Waals surface area contributed by atoms with Gasteiger partial charge in [0.05, 0.1) is 17.4 Å². The Bertz CT molecular complexity index is 749. The summed E-state index contributed by atoms with van der Waals surface area (Å²) in [5.41, 5.74) is 4.04. The zero-order valence-corrected chi connectivity index (χ0v) is 12.1. The highest BCUT2D eigenvalue weighted by Crippen LogP contribution is 2.21. The molecular formula is C17H19N3O. The minimum Gasteiger partial charge on any atom is -0.508 e. The van der Waals surface area contributed by atoms with E-state index in [1.54, 1.807) is 6.07 Å². The molecule has 0 fully saturated rings. The second-order valence-electron chi connectivity index (χ2n) is 5.12. The minimum absolute atomic E-state index is 0.318. The van der Waals surface area contributed by atoms with Crippen molar-refractivity contribution in [2.75, 3.05) is 5.32 Å². The summed E-state index contributed by atoms with van der Waals surface area (Å²) in [4.78, 5) is 4.44. The summed E-state index contributed by atoms with van der Waals surface area (Å²) in [5, 5.41) is 13.1. The molecule has 3 aromatic rings. The van der Waals surface area contributed by atoms with Gasteiger partial charge in [0, 0.05) is 24.3 Å². The number of aromatic hydroxyl groups is 1. The summed E-state index contributed by atoms with van der Waals surface area (Å²) in [6.07, 6.45) is 2.99. The summed E-state index contributed by atoms with van der Waals surface area (Å²) in [7, 11) is 0. The molecule has 21 heavy (non-hydrogen) atoms. The smallest absolute Gasteiger partial charge is 0.120 e. The third-order valence-corrected chi connectivity index (χ3v) is 3.56. The van der Waals surface area contributed by atoms with E-state index in [4.69, 9.17) is 0 Å². The number of para-hydroxylation sites is 1. The fourth-order valence-electron chi connectivity index (χ4n) is 2.45. The van der Waals surface area contributed by atoms with Crippen LogP contribution >= 0.6 is 0 Å². The number of imidazole rings is 1. The number of phenols is 1. The van der Waals surface area contributed by atoms with Crippen LogP contribution in [-0.2, 0) is 13.1 Å². The first-order chi connectivity index (χ1) is 10.3. The molecule has 4 nitrogen and oxygen atoms in total. The maximum absolute atomic E-state index is 9.77. The zero-order valence-electron chi connectivity index (χ0n) is 12.1. The third-order valence-electron chi connectivity index (χ3n) is 3.56. The lowest BCUT2D eigenvalue weighted by molar-refractivity contribution is 0.469. The van der Waals surface area contributed by atoms with Gasteiger partial charge in [0.15, 0.2) is 0 Å². The number of phenolic OH excluding ortho intramolecular Hbond substituents is 1. The van der Waals surface area contributed by atoms with Gasteiger partial charge >= 0.3 is 0 Å². The normalized spacial score (nSPS) is 10.9. The van der Waals surface area contributed by atoms with Gasteiger partial charge in [-0.1, -0.05) is 25.1 Å². The highest BCUT2D eigenvalue weighted by molar-refractivity contribution is 5.79. The van der Waals surface area contributed by atoms with Crippen molar-refractivity contribution in [1.29, 1.82) is 0 Å². The molecule has 0 aliphatic rings. The van der Waals surface area contributed by atoms with E-state index >= 15 is 0 Å². The first-order valence-electron chi connectivity index (χ1n) is 7.23. The second kappa shape index (κ2) is 5.87. The van der Waals surface area contributed by atoms with Gasteiger partial charge in [-0.2, -0.15) is 0 Å². The SMILES string of the molecule is CCCn1cnc2cc(NCc3ccccc3O)ccc21. The van der Waals surface area contributed by atoms with Gasteiger partial charge in [-0.25, -0.2) is 4.98 Å². The first-order valence-corrected chi connectivity index (χ1v) is 7.23. The van der Waals surface area contributed by atoms with Gasteiger partial charge in [-0.05, 0) is 30.7 Å². The Labute approximate surface area is 124 Å². The van der Waals surface area contributed by atoms with Crippen LogP contribution in [0.15, 0.2) is 48.8 Å². The lowest BCUT2D eigenvalue weighted by Gasteiger charge is -2.08. The predicted octanol–water partition coefficient (Wildman–Crippen LogP) is 3.76. The molecule has 0 atom stereocenters. The van der Waals surface area contributed by atoms with Crippen LogP contribution in [0.25, 0.3) is 11.0 Å². The Morgan fingerprint density at radius 3 is 2.86 bits per heavy atom. The fourth-order valence-corrected chi connectivity index (χ4v) is 2.45. The maximum Gasteiger partial charge on any atom is 0.120 e. The van der Waals surface area contributed by atoms with Gasteiger partial charge < -0.3 is 15.0 Å². The van der Waals surface area contributed by atoms with Crippen LogP contribution < -0.4 is 5.32 Å². The second-order valence-corrected chi connectivity index (χ2v) is 5.12. The number of benzene rings is 2. The highest BCUT2D eigenvalue weighted by atomic mass is 16.3. The topological polar surface area (TPSA) is 50.1 Å². The van der Waals surface area contributed by atoms with Crippen molar-refractivity contribution < 1.29 is 5.11 Å². The fraction of sp³-hybridized carbons (Fsp3) is 0.235. The standard InChI is InChI=1S/C17H19N3O/c1-2-9-20-12-19-15-10-14(7-8-16(15)20)18-11-13-5-3-4-6-17(13)21/h3-8,10,12,18,21H,2,9,11H2,1H3. The molecule has 0 radical (unpaired) electrons. The van der Waals surface area contributed by atoms with Crippen LogP contribution in [-0.4, -0.2) is 14.7 Å². The molecule has 0 aliphatic carbocycles. The van der Waals surface area contributed by atoms with Gasteiger partial charge in [-0.15, -0.1) is 0 Å². The summed E-state index contributed by atoms with van der Waals surface area (Å²) in [6, 6.07) is 13.5. The van der Waals surface area contributed by atoms with Crippen LogP contribution in [0.5, 0.6) is 5.75 Å². The summed E-state index contributed by atoms with van der Waals surface area (Å²) < 4.78 is 2.17. The molecule has 0 spiro atoms. The van der Waals surface area contributed by atoms with Crippen LogP contribution in [0.2, 0.25) is 0 Å². The van der Waals surface area contributed by atoms with E-state index in [2.05, 4.69) is 33.9 Å². The molecule has 0 unspecified atom stereocenters. The molecule has 1 aromatic heterocycles. The van der Waals surface area contributed by atoms with E-state index < -0.39 is 0 Å². The van der Waals surface area contributed by atoms with E-state index in [0.29, 0.717) is 12.3 Å². The van der Waals surface area contributed by atoms with E-state index in [0.717, 1.165) is 35.2 Å². The van der Waals surface area contributed by atoms with Gasteiger partial charge in [0.1, 0.15) is 5.75 Å². The lowest BCUT2D eigenvalue weighted by Crippen LogP contribution is -1.99. The molecule has 2 aromatic carbocycles. The number of aromatic nitrogens is 2. The average molecular weight is 281 g/mol. The predicted molar refractivity (Wildman–Crippen MR) is 85.5 cm³/mol. The van der Waals surface area contributed by atoms with Crippen molar-refractivity contribution in [2.24, 2.45) is 0 Å². The third kappa shape index (κ3) is 2.84. The van der Waals surface area contributed by atoms with Crippen LogP contribution in [0.1, 0.15) is 18.9 Å². The number of rotatable bonds is 5. The molecule has 0 bridgehead atoms. The number of hydrogen-bond acceptors (Lipinski definition) is 3. The van der Waals surface area contributed by atoms with Crippen LogP contribution in [0.3, 0.4) is 0 Å². The number of nitrogens with one attached hydrogen (secondary N) is 1. The van der Waals surface area contributed by atoms with Crippen molar-refractivity contribution >= 4 is 16.7 Å². The van der Waals surface area contributed by atoms with Crippen LogP contribution in [0.4, 0.5) is 5.69 Å². The molecule has 0 aliphatic heterocycles. The van der Waals surface area contributed by atoms with Gasteiger partial charge in [-0.3, -0.25) is 0 Å². The Morgan fingerprint density at radius 1 is 1.19 bits per heavy atom. The number of aryl methyl sites for hydroxylation is 1.